The van der Waals surface area contributed by atoms with E-state index >= 15 is 0 Å². The summed E-state index contributed by atoms with van der Waals surface area (Å²) in [4.78, 5) is 26.3. The molecule has 82 valence electrons. The van der Waals surface area contributed by atoms with Gasteiger partial charge in [-0.25, -0.2) is 4.98 Å². The Morgan fingerprint density at radius 3 is 3.00 bits per heavy atom. The number of aldehydes is 1. The third kappa shape index (κ3) is 1.67. The smallest absolute Gasteiger partial charge is 0.261 e. The van der Waals surface area contributed by atoms with Gasteiger partial charge in [0.25, 0.3) is 5.56 Å². The van der Waals surface area contributed by atoms with Gasteiger partial charge in [-0.05, 0) is 12.1 Å². The minimum atomic E-state index is -0.222. The number of hydrogen-bond acceptors (Lipinski definition) is 4. The molecule has 0 saturated carbocycles. The van der Waals surface area contributed by atoms with E-state index in [0.29, 0.717) is 22.9 Å². The quantitative estimate of drug-likeness (QED) is 0.708. The fraction of sp³-hybridized carbons (Fsp3) is 0.182. The van der Waals surface area contributed by atoms with E-state index in [1.165, 1.54) is 10.9 Å². The molecule has 0 atom stereocenters. The van der Waals surface area contributed by atoms with Crippen molar-refractivity contribution in [1.29, 1.82) is 0 Å². The number of carbonyl (C=O) groups excluding carboxylic acids is 1. The molecule has 0 saturated heterocycles. The molecule has 0 bridgehead atoms. The number of rotatable bonds is 3. The average molecular weight is 218 g/mol. The van der Waals surface area contributed by atoms with Gasteiger partial charge >= 0.3 is 0 Å². The number of carbonyl (C=O) groups is 1. The van der Waals surface area contributed by atoms with Crippen LogP contribution in [0.2, 0.25) is 0 Å². The molecule has 0 spiro atoms. The molecule has 2 rings (SSSR count). The summed E-state index contributed by atoms with van der Waals surface area (Å²) in [5.41, 5.74) is 0.339. The topological polar surface area (TPSA) is 61.2 Å². The highest BCUT2D eigenvalue weighted by Gasteiger charge is 2.04. The SMILES string of the molecule is COc1ccc2c(=O)n(CC=O)cnc2c1. The first-order chi connectivity index (χ1) is 7.76. The predicted molar refractivity (Wildman–Crippen MR) is 58.6 cm³/mol. The van der Waals surface area contributed by atoms with Gasteiger partial charge in [0.1, 0.15) is 12.0 Å². The summed E-state index contributed by atoms with van der Waals surface area (Å²) >= 11 is 0. The van der Waals surface area contributed by atoms with Crippen LogP contribution in [0.5, 0.6) is 5.75 Å². The molecule has 5 nitrogen and oxygen atoms in total. The van der Waals surface area contributed by atoms with E-state index in [0.717, 1.165) is 0 Å². The first kappa shape index (κ1) is 10.4. The molecule has 0 amide bonds. The highest BCUT2D eigenvalue weighted by Crippen LogP contribution is 2.15. The van der Waals surface area contributed by atoms with Crippen LogP contribution in [0.4, 0.5) is 0 Å². The monoisotopic (exact) mass is 218 g/mol. The standard InChI is InChI=1S/C11H10N2O3/c1-16-8-2-3-9-10(6-8)12-7-13(4-5-14)11(9)15/h2-3,5-7H,4H2,1H3. The number of benzene rings is 1. The highest BCUT2D eigenvalue weighted by molar-refractivity contribution is 5.78. The zero-order valence-electron chi connectivity index (χ0n) is 8.71. The van der Waals surface area contributed by atoms with Crippen molar-refractivity contribution in [3.63, 3.8) is 0 Å². The van der Waals surface area contributed by atoms with Crippen LogP contribution in [0.3, 0.4) is 0 Å². The summed E-state index contributed by atoms with van der Waals surface area (Å²) < 4.78 is 6.30. The van der Waals surface area contributed by atoms with Crippen LogP contribution < -0.4 is 10.3 Å². The Morgan fingerprint density at radius 2 is 2.31 bits per heavy atom. The van der Waals surface area contributed by atoms with Crippen LogP contribution in [0.15, 0.2) is 29.3 Å². The first-order valence-electron chi connectivity index (χ1n) is 4.73. The van der Waals surface area contributed by atoms with E-state index in [1.54, 1.807) is 25.3 Å². The molecule has 5 heteroatoms. The maximum Gasteiger partial charge on any atom is 0.261 e. The molecule has 0 unspecified atom stereocenters. The van der Waals surface area contributed by atoms with Crippen molar-refractivity contribution >= 4 is 17.2 Å². The molecule has 0 fully saturated rings. The van der Waals surface area contributed by atoms with Crippen molar-refractivity contribution < 1.29 is 9.53 Å². The first-order valence-corrected chi connectivity index (χ1v) is 4.73. The van der Waals surface area contributed by atoms with E-state index < -0.39 is 0 Å². The maximum absolute atomic E-state index is 11.8. The number of ether oxygens (including phenoxy) is 1. The second-order valence-corrected chi connectivity index (χ2v) is 3.25. The van der Waals surface area contributed by atoms with E-state index in [9.17, 15) is 9.59 Å². The molecule has 0 radical (unpaired) electrons. The van der Waals surface area contributed by atoms with Crippen LogP contribution in [0.1, 0.15) is 0 Å². The van der Waals surface area contributed by atoms with Gasteiger partial charge in [0, 0.05) is 6.07 Å². The third-order valence-electron chi connectivity index (χ3n) is 2.30. The minimum absolute atomic E-state index is 0.0216. The Hall–Kier alpha value is -2.17. The lowest BCUT2D eigenvalue weighted by molar-refractivity contribution is -0.108. The van der Waals surface area contributed by atoms with Gasteiger partial charge < -0.3 is 9.53 Å². The molecule has 1 heterocycles. The number of fused-ring (bicyclic) bond motifs is 1. The third-order valence-corrected chi connectivity index (χ3v) is 2.30. The largest absolute Gasteiger partial charge is 0.497 e. The van der Waals surface area contributed by atoms with Crippen LogP contribution in [0, 0.1) is 0 Å². The maximum atomic E-state index is 11.8. The summed E-state index contributed by atoms with van der Waals surface area (Å²) in [6, 6.07) is 5.02. The molecule has 1 aromatic heterocycles. The number of hydrogen-bond donors (Lipinski definition) is 0. The highest BCUT2D eigenvalue weighted by atomic mass is 16.5. The van der Waals surface area contributed by atoms with E-state index in [2.05, 4.69) is 4.98 Å². The Labute approximate surface area is 91.3 Å². The summed E-state index contributed by atoms with van der Waals surface area (Å²) in [6.07, 6.45) is 2.02. The van der Waals surface area contributed by atoms with E-state index in [-0.39, 0.29) is 12.1 Å². The zero-order valence-corrected chi connectivity index (χ0v) is 8.71. The number of nitrogens with zero attached hydrogens (tertiary/aromatic N) is 2. The van der Waals surface area contributed by atoms with Crippen molar-refractivity contribution in [3.8, 4) is 5.75 Å². The Kier molecular flexibility index (Phi) is 2.68. The van der Waals surface area contributed by atoms with Crippen molar-refractivity contribution in [1.82, 2.24) is 9.55 Å². The van der Waals surface area contributed by atoms with Crippen LogP contribution in [0.25, 0.3) is 10.9 Å². The van der Waals surface area contributed by atoms with Crippen molar-refractivity contribution in [3.05, 3.63) is 34.9 Å². The van der Waals surface area contributed by atoms with E-state index in [1.807, 2.05) is 0 Å². The fourth-order valence-corrected chi connectivity index (χ4v) is 1.48. The van der Waals surface area contributed by atoms with Crippen LogP contribution >= 0.6 is 0 Å². The van der Waals surface area contributed by atoms with Gasteiger partial charge in [-0.15, -0.1) is 0 Å². The van der Waals surface area contributed by atoms with Crippen molar-refractivity contribution in [2.24, 2.45) is 0 Å². The zero-order chi connectivity index (χ0) is 11.5. The molecule has 0 aliphatic heterocycles. The number of aromatic nitrogens is 2. The van der Waals surface area contributed by atoms with Crippen molar-refractivity contribution in [2.75, 3.05) is 7.11 Å². The Bertz CT molecular complexity index is 589. The van der Waals surface area contributed by atoms with Gasteiger partial charge in [-0.2, -0.15) is 0 Å². The summed E-state index contributed by atoms with van der Waals surface area (Å²) in [5, 5.41) is 0.477. The molecule has 16 heavy (non-hydrogen) atoms. The lowest BCUT2D eigenvalue weighted by Crippen LogP contribution is -2.21. The molecule has 0 N–H and O–H groups in total. The summed E-state index contributed by atoms with van der Waals surface area (Å²) in [7, 11) is 1.55. The molecular formula is C11H10N2O3. The summed E-state index contributed by atoms with van der Waals surface area (Å²) in [6.45, 7) is 0.0216. The van der Waals surface area contributed by atoms with Gasteiger partial charge in [0.2, 0.25) is 0 Å². The second kappa shape index (κ2) is 4.14. The van der Waals surface area contributed by atoms with Crippen LogP contribution in [-0.2, 0) is 11.3 Å². The van der Waals surface area contributed by atoms with Gasteiger partial charge in [-0.3, -0.25) is 9.36 Å². The minimum Gasteiger partial charge on any atom is -0.497 e. The van der Waals surface area contributed by atoms with Crippen LogP contribution in [-0.4, -0.2) is 22.9 Å². The molecule has 0 aliphatic carbocycles. The van der Waals surface area contributed by atoms with Gasteiger partial charge in [0.15, 0.2) is 0 Å². The molecule has 2 aromatic rings. The predicted octanol–water partition coefficient (Wildman–Crippen LogP) is 0.604. The molecule has 0 aliphatic rings. The second-order valence-electron chi connectivity index (χ2n) is 3.25. The molecular weight excluding hydrogens is 208 g/mol. The van der Waals surface area contributed by atoms with E-state index in [4.69, 9.17) is 4.74 Å². The summed E-state index contributed by atoms with van der Waals surface area (Å²) in [5.74, 6) is 0.646. The lowest BCUT2D eigenvalue weighted by Gasteiger charge is -2.04. The number of methoxy groups -OCH3 is 1. The average Bonchev–Trinajstić information content (AvgIpc) is 2.32. The molecule has 1 aromatic carbocycles. The Balaban J connectivity index is 2.67. The van der Waals surface area contributed by atoms with Gasteiger partial charge in [-0.1, -0.05) is 0 Å². The van der Waals surface area contributed by atoms with Crippen molar-refractivity contribution in [2.45, 2.75) is 6.54 Å². The normalized spacial score (nSPS) is 10.3. The fourth-order valence-electron chi connectivity index (χ4n) is 1.48. The lowest BCUT2D eigenvalue weighted by atomic mass is 10.2. The van der Waals surface area contributed by atoms with Gasteiger partial charge in [0.05, 0.1) is 30.9 Å². The Morgan fingerprint density at radius 1 is 1.50 bits per heavy atom.